The van der Waals surface area contributed by atoms with E-state index in [9.17, 15) is 14.4 Å². The van der Waals surface area contributed by atoms with Gasteiger partial charge in [0, 0.05) is 13.1 Å². The fraction of sp³-hybridized carbons (Fsp3) is 0.394. The van der Waals surface area contributed by atoms with Crippen molar-refractivity contribution < 1.29 is 33.3 Å². The number of esters is 1. The highest BCUT2D eigenvalue weighted by atomic mass is 32.1. The van der Waals surface area contributed by atoms with Crippen LogP contribution in [0, 0.1) is 0 Å². The van der Waals surface area contributed by atoms with Crippen LogP contribution in [0.5, 0.6) is 17.2 Å². The molecule has 2 aliphatic rings. The van der Waals surface area contributed by atoms with Gasteiger partial charge in [0.1, 0.15) is 5.75 Å². The molecule has 1 fully saturated rings. The maximum Gasteiger partial charge on any atom is 0.338 e. The summed E-state index contributed by atoms with van der Waals surface area (Å²) in [6.07, 6.45) is 3.06. The number of amides is 1. The summed E-state index contributed by atoms with van der Waals surface area (Å²) in [5, 5.41) is 0. The Labute approximate surface area is 265 Å². The Kier molecular flexibility index (Phi) is 10.4. The molecule has 0 aliphatic carbocycles. The summed E-state index contributed by atoms with van der Waals surface area (Å²) >= 11 is 1.25. The van der Waals surface area contributed by atoms with Gasteiger partial charge in [-0.1, -0.05) is 42.9 Å². The molecular formula is C33H37N3O8S. The molecule has 0 saturated carbocycles. The molecule has 0 unspecified atom stereocenters. The normalized spacial score (nSPS) is 16.6. The Bertz CT molecular complexity index is 1770. The SMILES string of the molecule is CCCC1=C(C(=O)OCC)[C@H](c2cccc(OC)c2)n2c(s/c(=C/c3ccc(OCC(=O)N4CCOCC4)c(OC)c3)c2=O)=N1. The van der Waals surface area contributed by atoms with Gasteiger partial charge in [0.05, 0.1) is 55.9 Å². The van der Waals surface area contributed by atoms with Gasteiger partial charge in [0.2, 0.25) is 0 Å². The van der Waals surface area contributed by atoms with Crippen LogP contribution >= 0.6 is 11.3 Å². The first-order chi connectivity index (χ1) is 21.9. The van der Waals surface area contributed by atoms with Crippen molar-refractivity contribution in [2.75, 3.05) is 53.7 Å². The number of ether oxygens (including phenoxy) is 5. The van der Waals surface area contributed by atoms with Crippen LogP contribution in [0.15, 0.2) is 63.5 Å². The van der Waals surface area contributed by atoms with E-state index in [2.05, 4.69) is 0 Å². The molecular weight excluding hydrogens is 598 g/mol. The van der Waals surface area contributed by atoms with Crippen molar-refractivity contribution in [3.05, 3.63) is 84.5 Å². The smallest absolute Gasteiger partial charge is 0.338 e. The van der Waals surface area contributed by atoms with Gasteiger partial charge in [-0.15, -0.1) is 0 Å². The minimum absolute atomic E-state index is 0.124. The topological polar surface area (TPSA) is 118 Å². The molecule has 0 spiro atoms. The molecule has 238 valence electrons. The Morgan fingerprint density at radius 2 is 1.87 bits per heavy atom. The molecule has 2 aliphatic heterocycles. The van der Waals surface area contributed by atoms with Crippen LogP contribution < -0.4 is 29.1 Å². The molecule has 12 heteroatoms. The predicted molar refractivity (Wildman–Crippen MR) is 169 cm³/mol. The highest BCUT2D eigenvalue weighted by Gasteiger charge is 2.34. The number of hydrogen-bond acceptors (Lipinski definition) is 10. The molecule has 5 rings (SSSR count). The number of nitrogens with zero attached hydrogens (tertiary/aromatic N) is 3. The van der Waals surface area contributed by atoms with Gasteiger partial charge in [-0.2, -0.15) is 0 Å². The number of hydrogen-bond donors (Lipinski definition) is 0. The molecule has 1 atom stereocenters. The van der Waals surface area contributed by atoms with Crippen LogP contribution in [0.1, 0.15) is 43.9 Å². The number of rotatable bonds is 11. The summed E-state index contributed by atoms with van der Waals surface area (Å²) < 4.78 is 29.6. The van der Waals surface area contributed by atoms with Gasteiger partial charge >= 0.3 is 5.97 Å². The average Bonchev–Trinajstić information content (AvgIpc) is 3.37. The molecule has 0 radical (unpaired) electrons. The summed E-state index contributed by atoms with van der Waals surface area (Å²) in [6, 6.07) is 11.8. The number of benzene rings is 2. The van der Waals surface area contributed by atoms with Crippen LogP contribution in [0.2, 0.25) is 0 Å². The number of aromatic nitrogens is 1. The minimum atomic E-state index is -0.742. The second kappa shape index (κ2) is 14.6. The maximum atomic E-state index is 14.1. The van der Waals surface area contributed by atoms with E-state index in [4.69, 9.17) is 28.7 Å². The highest BCUT2D eigenvalue weighted by Crippen LogP contribution is 2.34. The minimum Gasteiger partial charge on any atom is -0.497 e. The first kappa shape index (κ1) is 32.0. The van der Waals surface area contributed by atoms with Crippen molar-refractivity contribution in [3.63, 3.8) is 0 Å². The summed E-state index contributed by atoms with van der Waals surface area (Å²) in [7, 11) is 3.09. The summed E-state index contributed by atoms with van der Waals surface area (Å²) in [5.74, 6) is 0.822. The third-order valence-corrected chi connectivity index (χ3v) is 8.49. The fourth-order valence-corrected chi connectivity index (χ4v) is 6.36. The lowest BCUT2D eigenvalue weighted by Crippen LogP contribution is -2.43. The first-order valence-electron chi connectivity index (χ1n) is 14.9. The van der Waals surface area contributed by atoms with Crippen molar-refractivity contribution in [2.24, 2.45) is 4.99 Å². The van der Waals surface area contributed by atoms with Crippen LogP contribution in [0.25, 0.3) is 6.08 Å². The van der Waals surface area contributed by atoms with Gasteiger partial charge < -0.3 is 28.6 Å². The molecule has 1 amide bonds. The summed E-state index contributed by atoms with van der Waals surface area (Å²) in [6.45, 7) is 5.94. The van der Waals surface area contributed by atoms with Crippen molar-refractivity contribution in [1.29, 1.82) is 0 Å². The zero-order chi connectivity index (χ0) is 31.9. The molecule has 3 aromatic rings. The zero-order valence-electron chi connectivity index (χ0n) is 25.9. The molecule has 2 aromatic carbocycles. The number of thiazole rings is 1. The average molecular weight is 636 g/mol. The number of allylic oxidation sites excluding steroid dienone is 1. The van der Waals surface area contributed by atoms with Crippen molar-refractivity contribution >= 4 is 29.3 Å². The quantitative estimate of drug-likeness (QED) is 0.296. The third kappa shape index (κ3) is 6.97. The van der Waals surface area contributed by atoms with E-state index >= 15 is 0 Å². The molecule has 3 heterocycles. The van der Waals surface area contributed by atoms with Gasteiger partial charge in [-0.05, 0) is 54.8 Å². The second-order valence-corrected chi connectivity index (χ2v) is 11.4. The number of carbonyl (C=O) groups excluding carboxylic acids is 2. The monoisotopic (exact) mass is 635 g/mol. The van der Waals surface area contributed by atoms with Crippen LogP contribution in [0.3, 0.4) is 0 Å². The van der Waals surface area contributed by atoms with Gasteiger partial charge in [-0.3, -0.25) is 14.2 Å². The first-order valence-corrected chi connectivity index (χ1v) is 15.7. The lowest BCUT2D eigenvalue weighted by atomic mass is 9.94. The van der Waals surface area contributed by atoms with Gasteiger partial charge in [0.15, 0.2) is 22.9 Å². The van der Waals surface area contributed by atoms with E-state index in [-0.39, 0.29) is 24.7 Å². The number of morpholine rings is 1. The van der Waals surface area contributed by atoms with Crippen LogP contribution in [0.4, 0.5) is 0 Å². The maximum absolute atomic E-state index is 14.1. The lowest BCUT2D eigenvalue weighted by Gasteiger charge is -2.26. The molecule has 1 aromatic heterocycles. The summed E-state index contributed by atoms with van der Waals surface area (Å²) in [5.41, 5.74) is 2.06. The Morgan fingerprint density at radius 1 is 1.07 bits per heavy atom. The zero-order valence-corrected chi connectivity index (χ0v) is 26.7. The molecule has 0 bridgehead atoms. The standard InChI is InChI=1S/C33H37N3O8S/c1-5-8-24-29(32(39)43-6-2)30(22-9-7-10-23(19-22)40-3)36-31(38)27(45-33(36)34-24)18-21-11-12-25(26(17-21)41-4)44-20-28(37)35-13-15-42-16-14-35/h7,9-12,17-19,30H,5-6,8,13-16,20H2,1-4H3/b27-18+/t30-/m0/s1. The Hall–Kier alpha value is -4.42. The molecule has 45 heavy (non-hydrogen) atoms. The van der Waals surface area contributed by atoms with E-state index in [0.29, 0.717) is 81.7 Å². The van der Waals surface area contributed by atoms with Crippen molar-refractivity contribution in [2.45, 2.75) is 32.7 Å². The number of carbonyl (C=O) groups is 2. The predicted octanol–water partition coefficient (Wildman–Crippen LogP) is 2.83. The van der Waals surface area contributed by atoms with Gasteiger partial charge in [0.25, 0.3) is 11.5 Å². The van der Waals surface area contributed by atoms with Crippen LogP contribution in [-0.4, -0.2) is 75.1 Å². The molecule has 11 nitrogen and oxygen atoms in total. The van der Waals surface area contributed by atoms with E-state index in [1.165, 1.54) is 18.4 Å². The number of fused-ring (bicyclic) bond motifs is 1. The van der Waals surface area contributed by atoms with E-state index in [1.807, 2.05) is 31.2 Å². The van der Waals surface area contributed by atoms with Gasteiger partial charge in [-0.25, -0.2) is 9.79 Å². The third-order valence-electron chi connectivity index (χ3n) is 7.50. The largest absolute Gasteiger partial charge is 0.497 e. The lowest BCUT2D eigenvalue weighted by molar-refractivity contribution is -0.139. The molecule has 1 saturated heterocycles. The highest BCUT2D eigenvalue weighted by molar-refractivity contribution is 7.07. The van der Waals surface area contributed by atoms with Crippen molar-refractivity contribution in [1.82, 2.24) is 9.47 Å². The second-order valence-electron chi connectivity index (χ2n) is 10.4. The molecule has 0 N–H and O–H groups in total. The summed E-state index contributed by atoms with van der Waals surface area (Å²) in [4.78, 5) is 47.0. The van der Waals surface area contributed by atoms with Crippen molar-refractivity contribution in [3.8, 4) is 17.2 Å². The van der Waals surface area contributed by atoms with Crippen LogP contribution in [-0.2, 0) is 19.1 Å². The Morgan fingerprint density at radius 3 is 2.58 bits per heavy atom. The number of methoxy groups -OCH3 is 2. The van der Waals surface area contributed by atoms with E-state index < -0.39 is 12.0 Å². The Balaban J connectivity index is 1.54. The van der Waals surface area contributed by atoms with E-state index in [0.717, 1.165) is 6.42 Å². The fourth-order valence-electron chi connectivity index (χ4n) is 5.34. The van der Waals surface area contributed by atoms with E-state index in [1.54, 1.807) is 47.8 Å².